The average molecular weight is 260 g/mol. The van der Waals surface area contributed by atoms with E-state index in [0.29, 0.717) is 0 Å². The van der Waals surface area contributed by atoms with E-state index in [0.717, 1.165) is 13.0 Å². The summed E-state index contributed by atoms with van der Waals surface area (Å²) in [4.78, 5) is 2.27. The summed E-state index contributed by atoms with van der Waals surface area (Å²) in [5.74, 6) is 0. The van der Waals surface area contributed by atoms with E-state index in [9.17, 15) is 0 Å². The number of nitrogens with two attached hydrogens (primary N) is 1. The van der Waals surface area contributed by atoms with E-state index >= 15 is 0 Å². The molecule has 0 aliphatic rings. The van der Waals surface area contributed by atoms with Crippen molar-refractivity contribution in [1.82, 2.24) is 0 Å². The lowest BCUT2D eigenvalue weighted by Gasteiger charge is -2.24. The second-order valence-electron chi connectivity index (χ2n) is 4.56. The first kappa shape index (κ1) is 13.1. The molecule has 2 rings (SSSR count). The van der Waals surface area contributed by atoms with Crippen molar-refractivity contribution < 1.29 is 0 Å². The maximum atomic E-state index is 6.18. The molecule has 0 radical (unpaired) electrons. The van der Waals surface area contributed by atoms with E-state index in [1.54, 1.807) is 11.3 Å². The zero-order valence-corrected chi connectivity index (χ0v) is 11.8. The molecule has 0 aliphatic heterocycles. The lowest BCUT2D eigenvalue weighted by Crippen LogP contribution is -2.20. The van der Waals surface area contributed by atoms with E-state index in [1.165, 1.54) is 16.8 Å². The fourth-order valence-corrected chi connectivity index (χ4v) is 2.77. The topological polar surface area (TPSA) is 29.3 Å². The van der Waals surface area contributed by atoms with Crippen LogP contribution in [0.25, 0.3) is 0 Å². The molecule has 0 unspecified atom stereocenters. The summed E-state index contributed by atoms with van der Waals surface area (Å²) in [5, 5.41) is 4.31. The van der Waals surface area contributed by atoms with Crippen LogP contribution in [-0.2, 0) is 6.54 Å². The number of rotatable bonds is 5. The number of thiophene rings is 1. The molecule has 1 atom stereocenters. The molecule has 0 saturated carbocycles. The zero-order valence-electron chi connectivity index (χ0n) is 11.0. The van der Waals surface area contributed by atoms with Gasteiger partial charge in [0.1, 0.15) is 0 Å². The van der Waals surface area contributed by atoms with Gasteiger partial charge in [0, 0.05) is 25.3 Å². The van der Waals surface area contributed by atoms with Crippen LogP contribution in [0.2, 0.25) is 0 Å². The van der Waals surface area contributed by atoms with Crippen molar-refractivity contribution in [3.63, 3.8) is 0 Å². The van der Waals surface area contributed by atoms with Crippen molar-refractivity contribution in [2.24, 2.45) is 5.73 Å². The number of benzene rings is 1. The molecule has 0 bridgehead atoms. The van der Waals surface area contributed by atoms with E-state index in [-0.39, 0.29) is 6.04 Å². The molecule has 1 heterocycles. The van der Waals surface area contributed by atoms with E-state index < -0.39 is 0 Å². The van der Waals surface area contributed by atoms with E-state index in [4.69, 9.17) is 5.73 Å². The standard InChI is InChI=1S/C15H20N2S/c1-3-14(16)13-6-4-5-7-15(13)17(2)10-12-8-9-18-11-12/h4-9,11,14H,3,10,16H2,1-2H3/t14-/m0/s1. The highest BCUT2D eigenvalue weighted by Crippen LogP contribution is 2.27. The van der Waals surface area contributed by atoms with Gasteiger partial charge in [0.2, 0.25) is 0 Å². The number of hydrogen-bond donors (Lipinski definition) is 1. The third-order valence-corrected chi connectivity index (χ3v) is 3.92. The van der Waals surface area contributed by atoms with Gasteiger partial charge in [0.25, 0.3) is 0 Å². The predicted molar refractivity (Wildman–Crippen MR) is 80.1 cm³/mol. The van der Waals surface area contributed by atoms with Crippen molar-refractivity contribution in [1.29, 1.82) is 0 Å². The smallest absolute Gasteiger partial charge is 0.0434 e. The molecule has 1 aromatic carbocycles. The number of hydrogen-bond acceptors (Lipinski definition) is 3. The Morgan fingerprint density at radius 2 is 2.06 bits per heavy atom. The van der Waals surface area contributed by atoms with Gasteiger partial charge >= 0.3 is 0 Å². The van der Waals surface area contributed by atoms with Gasteiger partial charge < -0.3 is 10.6 Å². The summed E-state index contributed by atoms with van der Waals surface area (Å²) in [7, 11) is 2.12. The summed E-state index contributed by atoms with van der Waals surface area (Å²) < 4.78 is 0. The average Bonchev–Trinajstić information content (AvgIpc) is 2.90. The Hall–Kier alpha value is -1.32. The van der Waals surface area contributed by atoms with Crippen molar-refractivity contribution in [3.8, 4) is 0 Å². The number of para-hydroxylation sites is 1. The van der Waals surface area contributed by atoms with Crippen molar-refractivity contribution in [3.05, 3.63) is 52.2 Å². The third-order valence-electron chi connectivity index (χ3n) is 3.19. The molecule has 2 nitrogen and oxygen atoms in total. The molecular formula is C15H20N2S. The molecule has 0 spiro atoms. The van der Waals surface area contributed by atoms with Crippen LogP contribution in [0.3, 0.4) is 0 Å². The van der Waals surface area contributed by atoms with Crippen LogP contribution in [0.15, 0.2) is 41.1 Å². The fraction of sp³-hybridized carbons (Fsp3) is 0.333. The number of anilines is 1. The Morgan fingerprint density at radius 3 is 2.72 bits per heavy atom. The van der Waals surface area contributed by atoms with Crippen LogP contribution < -0.4 is 10.6 Å². The lowest BCUT2D eigenvalue weighted by molar-refractivity contribution is 0.694. The van der Waals surface area contributed by atoms with Gasteiger partial charge in [-0.15, -0.1) is 0 Å². The third kappa shape index (κ3) is 2.92. The highest BCUT2D eigenvalue weighted by atomic mass is 32.1. The zero-order chi connectivity index (χ0) is 13.0. The van der Waals surface area contributed by atoms with Gasteiger partial charge in [-0.05, 0) is 40.4 Å². The van der Waals surface area contributed by atoms with Crippen molar-refractivity contribution >= 4 is 17.0 Å². The summed E-state index contributed by atoms with van der Waals surface area (Å²) >= 11 is 1.74. The van der Waals surface area contributed by atoms with E-state index in [2.05, 4.69) is 60.0 Å². The fourth-order valence-electron chi connectivity index (χ4n) is 2.11. The molecule has 2 aromatic rings. The molecule has 3 heteroatoms. The van der Waals surface area contributed by atoms with Crippen LogP contribution in [-0.4, -0.2) is 7.05 Å². The van der Waals surface area contributed by atoms with Gasteiger partial charge in [-0.3, -0.25) is 0 Å². The Bertz CT molecular complexity index is 479. The molecule has 18 heavy (non-hydrogen) atoms. The van der Waals surface area contributed by atoms with Gasteiger partial charge in [-0.1, -0.05) is 25.1 Å². The molecule has 0 fully saturated rings. The van der Waals surface area contributed by atoms with Crippen molar-refractivity contribution in [2.75, 3.05) is 11.9 Å². The van der Waals surface area contributed by atoms with Crippen LogP contribution in [0.1, 0.15) is 30.5 Å². The molecule has 0 amide bonds. The summed E-state index contributed by atoms with van der Waals surface area (Å²) in [6.07, 6.45) is 0.962. The Kier molecular flexibility index (Phi) is 4.39. The molecule has 2 N–H and O–H groups in total. The first-order valence-corrected chi connectivity index (χ1v) is 7.23. The monoisotopic (exact) mass is 260 g/mol. The van der Waals surface area contributed by atoms with Crippen LogP contribution in [0.5, 0.6) is 0 Å². The Morgan fingerprint density at radius 1 is 1.28 bits per heavy atom. The minimum atomic E-state index is 0.117. The van der Waals surface area contributed by atoms with Crippen LogP contribution in [0.4, 0.5) is 5.69 Å². The molecule has 0 saturated heterocycles. The minimum absolute atomic E-state index is 0.117. The Balaban J connectivity index is 2.21. The predicted octanol–water partition coefficient (Wildman–Crippen LogP) is 3.79. The number of nitrogens with zero attached hydrogens (tertiary/aromatic N) is 1. The van der Waals surface area contributed by atoms with Crippen molar-refractivity contribution in [2.45, 2.75) is 25.9 Å². The maximum Gasteiger partial charge on any atom is 0.0434 e. The van der Waals surface area contributed by atoms with Gasteiger partial charge in [0.15, 0.2) is 0 Å². The second kappa shape index (κ2) is 6.03. The highest BCUT2D eigenvalue weighted by Gasteiger charge is 2.12. The van der Waals surface area contributed by atoms with Crippen LogP contribution in [0, 0.1) is 0 Å². The molecule has 1 aromatic heterocycles. The van der Waals surface area contributed by atoms with Gasteiger partial charge in [0.05, 0.1) is 0 Å². The molecule has 96 valence electrons. The normalized spacial score (nSPS) is 12.4. The molecular weight excluding hydrogens is 240 g/mol. The summed E-state index contributed by atoms with van der Waals surface area (Å²) in [6, 6.07) is 10.7. The minimum Gasteiger partial charge on any atom is -0.370 e. The second-order valence-corrected chi connectivity index (χ2v) is 5.34. The van der Waals surface area contributed by atoms with E-state index in [1.807, 2.05) is 0 Å². The first-order chi connectivity index (χ1) is 8.72. The maximum absolute atomic E-state index is 6.18. The van der Waals surface area contributed by atoms with Gasteiger partial charge in [-0.25, -0.2) is 0 Å². The quantitative estimate of drug-likeness (QED) is 0.886. The molecule has 0 aliphatic carbocycles. The highest BCUT2D eigenvalue weighted by molar-refractivity contribution is 7.07. The van der Waals surface area contributed by atoms with Gasteiger partial charge in [-0.2, -0.15) is 11.3 Å². The lowest BCUT2D eigenvalue weighted by atomic mass is 10.0. The van der Waals surface area contributed by atoms with Crippen LogP contribution >= 0.6 is 11.3 Å². The largest absolute Gasteiger partial charge is 0.370 e. The first-order valence-electron chi connectivity index (χ1n) is 6.29. The summed E-state index contributed by atoms with van der Waals surface area (Å²) in [5.41, 5.74) is 10.00. The SMILES string of the molecule is CC[C@H](N)c1ccccc1N(C)Cc1ccsc1. The Labute approximate surface area is 113 Å². The summed E-state index contributed by atoms with van der Waals surface area (Å²) in [6.45, 7) is 3.05.